The predicted molar refractivity (Wildman–Crippen MR) is 109 cm³/mol. The summed E-state index contributed by atoms with van der Waals surface area (Å²) in [7, 11) is 0. The summed E-state index contributed by atoms with van der Waals surface area (Å²) in [5.41, 5.74) is 0. The van der Waals surface area contributed by atoms with Gasteiger partial charge in [0.05, 0.1) is 20.1 Å². The smallest absolute Gasteiger partial charge is 0.0571 e. The molecule has 0 aliphatic rings. The fourth-order valence-electron chi connectivity index (χ4n) is 1.70. The Labute approximate surface area is 168 Å². The van der Waals surface area contributed by atoms with Gasteiger partial charge in [-0.05, 0) is 35.1 Å². The van der Waals surface area contributed by atoms with Crippen molar-refractivity contribution in [3.8, 4) is 0 Å². The maximum Gasteiger partial charge on any atom is 0.0571 e. The molecule has 0 saturated carbocycles. The number of hydrogen-bond donors (Lipinski definition) is 0. The third-order valence-electron chi connectivity index (χ3n) is 2.59. The lowest BCUT2D eigenvalue weighted by molar-refractivity contribution is 1.32. The fraction of sp³-hybridized carbons (Fsp3) is 0. The molecular weight excluding hydrogens is 430 g/mol. The lowest BCUT2D eigenvalue weighted by atomic mass is 10.3. The molecule has 120 valence electrons. The zero-order valence-corrected chi connectivity index (χ0v) is 17.1. The molecule has 0 heterocycles. The van der Waals surface area contributed by atoms with Gasteiger partial charge in [-0.15, -0.1) is 0 Å². The van der Waals surface area contributed by atoms with Crippen molar-refractivity contribution < 1.29 is 0 Å². The monoisotopic (exact) mass is 438 g/mol. The van der Waals surface area contributed by atoms with Crippen LogP contribution in [0.5, 0.6) is 0 Å². The van der Waals surface area contributed by atoms with Crippen molar-refractivity contribution in [2.75, 3.05) is 0 Å². The van der Waals surface area contributed by atoms with Crippen LogP contribution in [0.25, 0.3) is 0 Å². The summed E-state index contributed by atoms with van der Waals surface area (Å²) >= 11 is 29.7. The number of halogens is 4. The normalized spacial score (nSPS) is 10.6. The first-order chi connectivity index (χ1) is 11.0. The number of thioether (sulfide) groups is 2. The molecule has 0 aliphatic heterocycles. The Bertz CT molecular complexity index is 649. The standard InChI is InChI=1S/C16H10Cl4S3/c1-3-21-9-5-11(17)15(12(18)6-9)23-16-13(19)7-10(22-4-2)8-14(16)20/h3-8H,1-2H2. The molecule has 0 bridgehead atoms. The Kier molecular flexibility index (Phi) is 7.61. The predicted octanol–water partition coefficient (Wildman–Crippen LogP) is 8.92. The molecule has 0 spiro atoms. The van der Waals surface area contributed by atoms with E-state index in [0.717, 1.165) is 19.6 Å². The Morgan fingerprint density at radius 3 is 1.22 bits per heavy atom. The molecule has 2 rings (SSSR count). The summed E-state index contributed by atoms with van der Waals surface area (Å²) in [4.78, 5) is 3.29. The first kappa shape index (κ1) is 19.5. The number of benzene rings is 2. The fourth-order valence-corrected chi connectivity index (χ4v) is 5.35. The van der Waals surface area contributed by atoms with Crippen LogP contribution in [0.2, 0.25) is 20.1 Å². The van der Waals surface area contributed by atoms with Gasteiger partial charge in [0.1, 0.15) is 0 Å². The van der Waals surface area contributed by atoms with Crippen LogP contribution in [-0.4, -0.2) is 0 Å². The highest BCUT2D eigenvalue weighted by Crippen LogP contribution is 2.46. The average Bonchev–Trinajstić information content (AvgIpc) is 2.45. The maximum atomic E-state index is 6.35. The second-order valence-corrected chi connectivity index (χ2v) is 8.83. The Hall–Kier alpha value is 0.130. The van der Waals surface area contributed by atoms with E-state index < -0.39 is 0 Å². The van der Waals surface area contributed by atoms with Crippen LogP contribution in [0, 0.1) is 0 Å². The van der Waals surface area contributed by atoms with Crippen LogP contribution in [0.4, 0.5) is 0 Å². The molecule has 0 saturated heterocycles. The van der Waals surface area contributed by atoms with Gasteiger partial charge in [-0.2, -0.15) is 0 Å². The summed E-state index contributed by atoms with van der Waals surface area (Å²) < 4.78 is 0. The largest absolute Gasteiger partial charge is 0.0986 e. The van der Waals surface area contributed by atoms with Gasteiger partial charge in [0, 0.05) is 19.6 Å². The molecule has 23 heavy (non-hydrogen) atoms. The van der Waals surface area contributed by atoms with Crippen molar-refractivity contribution in [1.29, 1.82) is 0 Å². The zero-order valence-electron chi connectivity index (χ0n) is 11.6. The van der Waals surface area contributed by atoms with Gasteiger partial charge in [0.25, 0.3) is 0 Å². The second kappa shape index (κ2) is 9.00. The minimum Gasteiger partial charge on any atom is -0.0986 e. The molecule has 0 fully saturated rings. The molecule has 0 amide bonds. The number of rotatable bonds is 6. The van der Waals surface area contributed by atoms with E-state index in [0.29, 0.717) is 20.1 Å². The van der Waals surface area contributed by atoms with Gasteiger partial charge in [-0.1, -0.05) is 94.8 Å². The molecule has 0 aromatic heterocycles. The summed E-state index contributed by atoms with van der Waals surface area (Å²) in [6.45, 7) is 7.36. The Morgan fingerprint density at radius 1 is 0.652 bits per heavy atom. The lowest BCUT2D eigenvalue weighted by Crippen LogP contribution is -1.84. The summed E-state index contributed by atoms with van der Waals surface area (Å²) in [5.74, 6) is 0. The second-order valence-electron chi connectivity index (χ2n) is 4.10. The van der Waals surface area contributed by atoms with Gasteiger partial charge in [-0.25, -0.2) is 0 Å². The highest BCUT2D eigenvalue weighted by atomic mass is 35.5. The minimum atomic E-state index is 0.545. The van der Waals surface area contributed by atoms with Crippen LogP contribution in [0.1, 0.15) is 0 Å². The highest BCUT2D eigenvalue weighted by molar-refractivity contribution is 8.02. The Morgan fingerprint density at radius 2 is 0.957 bits per heavy atom. The first-order valence-electron chi connectivity index (χ1n) is 6.17. The van der Waals surface area contributed by atoms with Crippen molar-refractivity contribution >= 4 is 81.7 Å². The molecule has 2 aromatic rings. The van der Waals surface area contributed by atoms with Gasteiger partial charge in [0.2, 0.25) is 0 Å². The summed E-state index contributed by atoms with van der Waals surface area (Å²) in [5, 5.41) is 5.62. The van der Waals surface area contributed by atoms with Gasteiger partial charge in [-0.3, -0.25) is 0 Å². The summed E-state index contributed by atoms with van der Waals surface area (Å²) in [6.07, 6.45) is 0. The van der Waals surface area contributed by atoms with E-state index in [1.165, 1.54) is 35.3 Å². The van der Waals surface area contributed by atoms with Crippen molar-refractivity contribution in [1.82, 2.24) is 0 Å². The third-order valence-corrected chi connectivity index (χ3v) is 6.86. The molecule has 0 unspecified atom stereocenters. The molecule has 0 aliphatic carbocycles. The van der Waals surface area contributed by atoms with Crippen LogP contribution >= 0.6 is 81.7 Å². The van der Waals surface area contributed by atoms with E-state index in [-0.39, 0.29) is 0 Å². The maximum absolute atomic E-state index is 6.35. The van der Waals surface area contributed by atoms with E-state index in [2.05, 4.69) is 13.2 Å². The summed E-state index contributed by atoms with van der Waals surface area (Å²) in [6, 6.07) is 7.36. The van der Waals surface area contributed by atoms with Crippen LogP contribution in [0.15, 0.2) is 67.8 Å². The number of hydrogen-bond acceptors (Lipinski definition) is 3. The van der Waals surface area contributed by atoms with E-state index in [4.69, 9.17) is 46.4 Å². The first-order valence-corrected chi connectivity index (χ1v) is 10.3. The molecular formula is C16H10Cl4S3. The van der Waals surface area contributed by atoms with E-state index in [9.17, 15) is 0 Å². The molecule has 0 radical (unpaired) electrons. The van der Waals surface area contributed by atoms with Crippen LogP contribution in [-0.2, 0) is 0 Å². The van der Waals surface area contributed by atoms with E-state index in [1.54, 1.807) is 10.8 Å². The molecule has 7 heteroatoms. The van der Waals surface area contributed by atoms with Crippen molar-refractivity contribution in [3.63, 3.8) is 0 Å². The molecule has 0 atom stereocenters. The van der Waals surface area contributed by atoms with Crippen LogP contribution < -0.4 is 0 Å². The molecule has 0 N–H and O–H groups in total. The minimum absolute atomic E-state index is 0.545. The van der Waals surface area contributed by atoms with Crippen molar-refractivity contribution in [3.05, 3.63) is 68.3 Å². The zero-order chi connectivity index (χ0) is 17.0. The SMILES string of the molecule is C=CSc1cc(Cl)c(Sc2c(Cl)cc(SC=C)cc2Cl)c(Cl)c1. The quantitative estimate of drug-likeness (QED) is 0.412. The van der Waals surface area contributed by atoms with Gasteiger partial charge < -0.3 is 0 Å². The highest BCUT2D eigenvalue weighted by Gasteiger charge is 2.15. The van der Waals surface area contributed by atoms with Gasteiger partial charge >= 0.3 is 0 Å². The lowest BCUT2D eigenvalue weighted by Gasteiger charge is -2.12. The average molecular weight is 440 g/mol. The van der Waals surface area contributed by atoms with E-state index in [1.807, 2.05) is 24.3 Å². The molecule has 2 aromatic carbocycles. The molecule has 0 nitrogen and oxygen atoms in total. The van der Waals surface area contributed by atoms with Crippen molar-refractivity contribution in [2.24, 2.45) is 0 Å². The Balaban J connectivity index is 2.39. The van der Waals surface area contributed by atoms with E-state index >= 15 is 0 Å². The third kappa shape index (κ3) is 5.05. The van der Waals surface area contributed by atoms with Gasteiger partial charge in [0.15, 0.2) is 0 Å². The van der Waals surface area contributed by atoms with Crippen LogP contribution in [0.3, 0.4) is 0 Å². The van der Waals surface area contributed by atoms with Crippen molar-refractivity contribution in [2.45, 2.75) is 19.6 Å². The topological polar surface area (TPSA) is 0 Å².